The Kier molecular flexibility index (Phi) is 5.53. The maximum Gasteiger partial charge on any atom is 0.335 e. The van der Waals surface area contributed by atoms with E-state index in [1.165, 1.54) is 5.56 Å². The molecule has 1 aliphatic heterocycles. The van der Waals surface area contributed by atoms with Gasteiger partial charge in [0.05, 0.1) is 39.5 Å². The van der Waals surface area contributed by atoms with Gasteiger partial charge in [-0.05, 0) is 55.5 Å². The molecule has 8 heteroatoms. The van der Waals surface area contributed by atoms with E-state index in [9.17, 15) is 9.90 Å². The first kappa shape index (κ1) is 22.4. The van der Waals surface area contributed by atoms with E-state index >= 15 is 0 Å². The predicted octanol–water partition coefficient (Wildman–Crippen LogP) is 5.01. The molecule has 1 saturated heterocycles. The van der Waals surface area contributed by atoms with E-state index in [2.05, 4.69) is 39.1 Å². The predicted molar refractivity (Wildman–Crippen MR) is 137 cm³/mol. The molecule has 2 aromatic carbocycles. The van der Waals surface area contributed by atoms with Crippen molar-refractivity contribution < 1.29 is 14.6 Å². The van der Waals surface area contributed by atoms with Crippen LogP contribution in [0.5, 0.6) is 0 Å². The summed E-state index contributed by atoms with van der Waals surface area (Å²) in [5.74, 6) is -0.636. The largest absolute Gasteiger partial charge is 0.478 e. The number of nitrogens with zero attached hydrogens (tertiary/aromatic N) is 5. The third-order valence-electron chi connectivity index (χ3n) is 7.31. The highest BCUT2D eigenvalue weighted by atomic mass is 16.5. The summed E-state index contributed by atoms with van der Waals surface area (Å²) in [6, 6.07) is 17.8. The normalized spacial score (nSPS) is 15.5. The minimum absolute atomic E-state index is 0.0245. The van der Waals surface area contributed by atoms with Crippen molar-refractivity contribution in [2.45, 2.75) is 25.8 Å². The van der Waals surface area contributed by atoms with E-state index in [0.717, 1.165) is 51.7 Å². The van der Waals surface area contributed by atoms with Crippen LogP contribution < -0.4 is 0 Å². The zero-order valence-corrected chi connectivity index (χ0v) is 20.3. The highest BCUT2D eigenvalue weighted by Crippen LogP contribution is 2.43. The molecule has 8 nitrogen and oxygen atoms in total. The molecule has 1 fully saturated rings. The van der Waals surface area contributed by atoms with Crippen LogP contribution >= 0.6 is 0 Å². The number of carbonyl (C=O) groups is 1. The van der Waals surface area contributed by atoms with E-state index in [0.29, 0.717) is 19.1 Å². The number of pyridine rings is 1. The highest BCUT2D eigenvalue weighted by Gasteiger charge is 2.31. The topological polar surface area (TPSA) is 95.1 Å². The summed E-state index contributed by atoms with van der Waals surface area (Å²) in [7, 11) is 1.89. The molecule has 0 radical (unpaired) electrons. The van der Waals surface area contributed by atoms with Crippen LogP contribution in [0.4, 0.5) is 0 Å². The molecular formula is C28H27N5O3. The average Bonchev–Trinajstić information content (AvgIpc) is 3.41. The number of aromatic carboxylic acids is 1. The monoisotopic (exact) mass is 481 g/mol. The van der Waals surface area contributed by atoms with Crippen LogP contribution in [0, 0.1) is 12.8 Å². The Hall–Kier alpha value is -4.04. The van der Waals surface area contributed by atoms with E-state index in [1.807, 2.05) is 38.4 Å². The number of aromatic nitrogens is 5. The van der Waals surface area contributed by atoms with Gasteiger partial charge in [-0.2, -0.15) is 0 Å². The Morgan fingerprint density at radius 1 is 1.11 bits per heavy atom. The SMILES string of the molecule is Cc1nnn(C)c1-c1ccnc2c3ccc(C(=O)O)cc3n(C(c3ccccc3)C3CCOCC3)c12. The second-order valence-corrected chi connectivity index (χ2v) is 9.42. The Balaban J connectivity index is 1.76. The molecule has 4 heterocycles. The van der Waals surface area contributed by atoms with Gasteiger partial charge >= 0.3 is 5.97 Å². The Bertz CT molecular complexity index is 1560. The summed E-state index contributed by atoms with van der Waals surface area (Å²) >= 11 is 0. The standard InChI is InChI=1S/C28H27N5O3/c1-17-25(32(2)31-30-17)22-10-13-29-24-21-9-8-20(28(34)35)16-23(21)33(27(22)24)26(18-6-4-3-5-7-18)19-11-14-36-15-12-19/h3-10,13,16,19,26H,11-12,14-15H2,1-2H3,(H,34,35). The van der Waals surface area contributed by atoms with Crippen molar-refractivity contribution in [1.82, 2.24) is 24.5 Å². The van der Waals surface area contributed by atoms with Gasteiger partial charge in [-0.1, -0.05) is 35.5 Å². The van der Waals surface area contributed by atoms with E-state index in [4.69, 9.17) is 9.72 Å². The number of benzene rings is 2. The van der Waals surface area contributed by atoms with Crippen LogP contribution in [0.3, 0.4) is 0 Å². The Labute approximate surface area is 208 Å². The van der Waals surface area contributed by atoms with Gasteiger partial charge in [0, 0.05) is 37.4 Å². The van der Waals surface area contributed by atoms with Crippen molar-refractivity contribution in [2.24, 2.45) is 13.0 Å². The summed E-state index contributed by atoms with van der Waals surface area (Å²) in [5, 5.41) is 19.3. The van der Waals surface area contributed by atoms with Gasteiger partial charge in [-0.15, -0.1) is 5.10 Å². The van der Waals surface area contributed by atoms with Crippen molar-refractivity contribution in [3.63, 3.8) is 0 Å². The van der Waals surface area contributed by atoms with Crippen LogP contribution in [-0.4, -0.2) is 48.8 Å². The van der Waals surface area contributed by atoms with Gasteiger partial charge in [-0.25, -0.2) is 9.48 Å². The number of rotatable bonds is 5. The number of carboxylic acid groups (broad SMARTS) is 1. The maximum atomic E-state index is 12.0. The fourth-order valence-electron chi connectivity index (χ4n) is 5.70. The van der Waals surface area contributed by atoms with Gasteiger partial charge < -0.3 is 14.4 Å². The maximum absolute atomic E-state index is 12.0. The zero-order chi connectivity index (χ0) is 24.8. The van der Waals surface area contributed by atoms with Gasteiger partial charge in [0.25, 0.3) is 0 Å². The minimum atomic E-state index is -0.948. The summed E-state index contributed by atoms with van der Waals surface area (Å²) in [6.07, 6.45) is 3.65. The van der Waals surface area contributed by atoms with E-state index in [1.54, 1.807) is 16.8 Å². The Morgan fingerprint density at radius 3 is 2.58 bits per heavy atom. The van der Waals surface area contributed by atoms with Crippen molar-refractivity contribution in [3.8, 4) is 11.3 Å². The third kappa shape index (κ3) is 3.56. The first-order valence-corrected chi connectivity index (χ1v) is 12.2. The average molecular weight is 482 g/mol. The molecule has 182 valence electrons. The summed E-state index contributed by atoms with van der Waals surface area (Å²) in [6.45, 7) is 3.38. The number of hydrogen-bond donors (Lipinski definition) is 1. The van der Waals surface area contributed by atoms with Crippen LogP contribution in [0.2, 0.25) is 0 Å². The van der Waals surface area contributed by atoms with Crippen LogP contribution in [0.25, 0.3) is 33.2 Å². The van der Waals surface area contributed by atoms with Gasteiger partial charge in [0.1, 0.15) is 0 Å². The summed E-state index contributed by atoms with van der Waals surface area (Å²) < 4.78 is 9.83. The lowest BCUT2D eigenvalue weighted by Gasteiger charge is -2.33. The van der Waals surface area contributed by atoms with Gasteiger partial charge in [-0.3, -0.25) is 4.98 Å². The number of hydrogen-bond acceptors (Lipinski definition) is 5. The van der Waals surface area contributed by atoms with Gasteiger partial charge in [0.15, 0.2) is 0 Å². The first-order valence-electron chi connectivity index (χ1n) is 12.2. The number of ether oxygens (including phenoxy) is 1. The molecule has 0 amide bonds. The number of fused-ring (bicyclic) bond motifs is 3. The highest BCUT2D eigenvalue weighted by molar-refractivity contribution is 6.11. The van der Waals surface area contributed by atoms with Crippen molar-refractivity contribution in [3.05, 3.63) is 77.6 Å². The van der Waals surface area contributed by atoms with Crippen molar-refractivity contribution >= 4 is 27.9 Å². The molecule has 6 rings (SSSR count). The van der Waals surface area contributed by atoms with Crippen LogP contribution in [0.1, 0.15) is 40.5 Å². The van der Waals surface area contributed by atoms with Crippen molar-refractivity contribution in [1.29, 1.82) is 0 Å². The molecular weight excluding hydrogens is 454 g/mol. The lowest BCUT2D eigenvalue weighted by Crippen LogP contribution is -2.27. The molecule has 1 N–H and O–H groups in total. The van der Waals surface area contributed by atoms with Crippen molar-refractivity contribution in [2.75, 3.05) is 13.2 Å². The third-order valence-corrected chi connectivity index (χ3v) is 7.31. The fraction of sp³-hybridized carbons (Fsp3) is 0.286. The summed E-state index contributed by atoms with van der Waals surface area (Å²) in [4.78, 5) is 16.8. The smallest absolute Gasteiger partial charge is 0.335 e. The number of carboxylic acids is 1. The molecule has 1 unspecified atom stereocenters. The molecule has 3 aromatic heterocycles. The fourth-order valence-corrected chi connectivity index (χ4v) is 5.70. The molecule has 0 aliphatic carbocycles. The van der Waals surface area contributed by atoms with Crippen LogP contribution in [0.15, 0.2) is 60.8 Å². The lowest BCUT2D eigenvalue weighted by molar-refractivity contribution is 0.0553. The first-order chi connectivity index (χ1) is 17.5. The molecule has 5 aromatic rings. The molecule has 0 bridgehead atoms. The Morgan fingerprint density at radius 2 is 1.89 bits per heavy atom. The lowest BCUT2D eigenvalue weighted by atomic mass is 9.86. The quantitative estimate of drug-likeness (QED) is 0.379. The molecule has 0 spiro atoms. The summed E-state index contributed by atoms with van der Waals surface area (Å²) in [5.41, 5.74) is 6.82. The zero-order valence-electron chi connectivity index (χ0n) is 20.3. The second kappa shape index (κ2) is 8.87. The minimum Gasteiger partial charge on any atom is -0.478 e. The molecule has 1 aliphatic rings. The van der Waals surface area contributed by atoms with Gasteiger partial charge in [0.2, 0.25) is 0 Å². The second-order valence-electron chi connectivity index (χ2n) is 9.42. The van der Waals surface area contributed by atoms with E-state index in [-0.39, 0.29) is 11.6 Å². The molecule has 0 saturated carbocycles. The van der Waals surface area contributed by atoms with E-state index < -0.39 is 5.97 Å². The number of aryl methyl sites for hydroxylation is 2. The molecule has 1 atom stereocenters. The van der Waals surface area contributed by atoms with Crippen LogP contribution in [-0.2, 0) is 11.8 Å². The molecule has 36 heavy (non-hydrogen) atoms.